The Kier molecular flexibility index (Phi) is 3.82. The molecule has 0 aromatic heterocycles. The first-order valence-corrected chi connectivity index (χ1v) is 12.1. The third-order valence-corrected chi connectivity index (χ3v) is 8.32. The van der Waals surface area contributed by atoms with Crippen LogP contribution in [0.4, 0.5) is 0 Å². The average molecular weight is 408 g/mol. The van der Waals surface area contributed by atoms with E-state index in [1.54, 1.807) is 0 Å². The highest BCUT2D eigenvalue weighted by molar-refractivity contribution is 8.03. The molecule has 0 saturated carbocycles. The molecule has 0 amide bonds. The van der Waals surface area contributed by atoms with Gasteiger partial charge in [0.1, 0.15) is 5.76 Å². The molecule has 7 atom stereocenters. The minimum atomic E-state index is -1.99. The number of rotatable bonds is 2. The van der Waals surface area contributed by atoms with Crippen LogP contribution in [0.15, 0.2) is 22.3 Å². The summed E-state index contributed by atoms with van der Waals surface area (Å²) in [5, 5.41) is 7.17. The number of nitrogens with one attached hydrogen (secondary N) is 2. The topological polar surface area (TPSA) is 33.3 Å². The van der Waals surface area contributed by atoms with E-state index in [0.29, 0.717) is 18.3 Å². The van der Waals surface area contributed by atoms with Crippen LogP contribution in [-0.4, -0.2) is 30.1 Å². The predicted octanol–water partition coefficient (Wildman–Crippen LogP) is 5.20. The highest BCUT2D eigenvalue weighted by Crippen LogP contribution is 2.49. The van der Waals surface area contributed by atoms with Gasteiger partial charge < -0.3 is 10.1 Å². The number of hydrogen-bond acceptors (Lipinski definition) is 4. The van der Waals surface area contributed by atoms with Crippen molar-refractivity contribution >= 4 is 11.8 Å². The van der Waals surface area contributed by atoms with E-state index in [2.05, 4.69) is 16.7 Å². The van der Waals surface area contributed by atoms with Gasteiger partial charge in [0.2, 0.25) is 0 Å². The summed E-state index contributed by atoms with van der Waals surface area (Å²) in [7, 11) is 0. The lowest BCUT2D eigenvalue weighted by Crippen LogP contribution is -2.46. The van der Waals surface area contributed by atoms with Gasteiger partial charge >= 0.3 is 0 Å². The molecular weight excluding hydrogens is 364 g/mol. The van der Waals surface area contributed by atoms with Crippen molar-refractivity contribution in [3.63, 3.8) is 0 Å². The van der Waals surface area contributed by atoms with Gasteiger partial charge in [0.25, 0.3) is 0 Å². The van der Waals surface area contributed by atoms with Crippen LogP contribution < -0.4 is 10.6 Å². The molecule has 5 aliphatic rings. The zero-order valence-corrected chi connectivity index (χ0v) is 18.2. The third-order valence-electron chi connectivity index (χ3n) is 7.04. The van der Waals surface area contributed by atoms with Crippen LogP contribution in [0.25, 0.3) is 0 Å². The molecule has 4 aliphatic heterocycles. The molecule has 3 nitrogen and oxygen atoms in total. The van der Waals surface area contributed by atoms with Gasteiger partial charge in [-0.2, -0.15) is 0 Å². The van der Waals surface area contributed by atoms with Gasteiger partial charge in [-0.1, -0.05) is 26.8 Å². The maximum absolute atomic E-state index is 8.90. The van der Waals surface area contributed by atoms with Crippen LogP contribution in [-0.2, 0) is 4.74 Å². The van der Waals surface area contributed by atoms with Crippen molar-refractivity contribution in [1.82, 2.24) is 10.6 Å². The van der Waals surface area contributed by atoms with Crippen molar-refractivity contribution in [2.45, 2.75) is 96.9 Å². The second-order valence-electron chi connectivity index (χ2n) is 10.2. The normalized spacial score (nSPS) is 46.8. The summed E-state index contributed by atoms with van der Waals surface area (Å²) in [5.74, 6) is 2.59. The van der Waals surface area contributed by atoms with Crippen molar-refractivity contribution in [2.24, 2.45) is 23.2 Å². The smallest absolute Gasteiger partial charge is 0.153 e. The first-order chi connectivity index (χ1) is 15.4. The molecule has 0 aromatic rings. The molecular formula is C24H38N2OS. The van der Waals surface area contributed by atoms with Crippen molar-refractivity contribution in [3.05, 3.63) is 22.3 Å². The van der Waals surface area contributed by atoms with Crippen LogP contribution in [0, 0.1) is 23.2 Å². The Morgan fingerprint density at radius 3 is 3.00 bits per heavy atom. The van der Waals surface area contributed by atoms with E-state index in [4.69, 9.17) is 11.6 Å². The minimum Gasteiger partial charge on any atom is -0.479 e. The number of fused-ring (bicyclic) bond motifs is 4. The lowest BCUT2D eigenvalue weighted by Gasteiger charge is -2.36. The highest BCUT2D eigenvalue weighted by Gasteiger charge is 2.48. The molecule has 0 radical (unpaired) electrons. The molecule has 28 heavy (non-hydrogen) atoms. The summed E-state index contributed by atoms with van der Waals surface area (Å²) in [6.45, 7) is 4.02. The molecule has 3 saturated heterocycles. The second kappa shape index (κ2) is 7.35. The van der Waals surface area contributed by atoms with E-state index in [1.807, 2.05) is 32.5 Å². The summed E-state index contributed by atoms with van der Waals surface area (Å²) < 4.78 is 47.7. The van der Waals surface area contributed by atoms with Crippen LogP contribution >= 0.6 is 11.8 Å². The van der Waals surface area contributed by atoms with E-state index in [9.17, 15) is 0 Å². The van der Waals surface area contributed by atoms with E-state index in [-0.39, 0.29) is 24.2 Å². The fourth-order valence-electron chi connectivity index (χ4n) is 5.91. The first-order valence-electron chi connectivity index (χ1n) is 13.6. The fourth-order valence-corrected chi connectivity index (χ4v) is 7.18. The number of thioether (sulfide) groups is 1. The third kappa shape index (κ3) is 3.58. The molecule has 156 valence electrons. The molecule has 3 fully saturated rings. The Hall–Kier alpha value is -0.450. The maximum atomic E-state index is 8.90. The average Bonchev–Trinajstić information content (AvgIpc) is 3.32. The number of piperidine rings is 1. The van der Waals surface area contributed by atoms with Gasteiger partial charge in [-0.3, -0.25) is 5.32 Å². The largest absolute Gasteiger partial charge is 0.479 e. The van der Waals surface area contributed by atoms with Crippen LogP contribution in [0.1, 0.15) is 79.4 Å². The van der Waals surface area contributed by atoms with Gasteiger partial charge in [-0.25, -0.2) is 0 Å². The van der Waals surface area contributed by atoms with Gasteiger partial charge in [0.15, 0.2) is 6.23 Å². The zero-order valence-electron chi connectivity index (χ0n) is 22.4. The Bertz CT molecular complexity index is 849. The molecule has 2 N–H and O–H groups in total. The summed E-state index contributed by atoms with van der Waals surface area (Å²) in [4.78, 5) is 1.30. The molecule has 4 heteroatoms. The molecule has 1 aliphatic carbocycles. The molecule has 3 unspecified atom stereocenters. The standard InChI is InChI=1S/C24H38N2OS/c1-14-8-9-17-16-6-5-7-18(22(16)27-23(17)25-14)19-10-11-20-21(26-19)15(13-28-20)12-24(2,3)4/h11,14-17,19,21,23,25-26H,5-10,12-13H2,1-4H3/t14-,15-,16+,17?,19-,21?,23?/m1/s1/i1D3,12D2. The number of allylic oxidation sites excluding steroid dienone is 1. The van der Waals surface area contributed by atoms with Gasteiger partial charge in [0, 0.05) is 42.6 Å². The Labute approximate surface area is 182 Å². The minimum absolute atomic E-state index is 0.0539. The lowest BCUT2D eigenvalue weighted by atomic mass is 9.75. The Morgan fingerprint density at radius 1 is 1.29 bits per heavy atom. The van der Waals surface area contributed by atoms with Crippen molar-refractivity contribution in [1.29, 1.82) is 0 Å². The maximum Gasteiger partial charge on any atom is 0.153 e. The Morgan fingerprint density at radius 2 is 2.18 bits per heavy atom. The summed E-state index contributed by atoms with van der Waals surface area (Å²) >= 11 is 1.81. The summed E-state index contributed by atoms with van der Waals surface area (Å²) in [5.41, 5.74) is 0.921. The predicted molar refractivity (Wildman–Crippen MR) is 118 cm³/mol. The molecule has 5 rings (SSSR count). The molecule has 0 spiro atoms. The SMILES string of the molecule is [2H]C([2H])([2H])[C@@H]1CCC2C(N1)OC1=C([C@H]3CC=C4SC[C@@H](C([2H])([2H])C(C)(C)C)C4N3)CCC[C@H]12. The lowest BCUT2D eigenvalue weighted by molar-refractivity contribution is 0.0574. The fraction of sp³-hybridized carbons (Fsp3) is 0.833. The van der Waals surface area contributed by atoms with Crippen LogP contribution in [0.2, 0.25) is 0 Å². The Balaban J connectivity index is 1.38. The van der Waals surface area contributed by atoms with Gasteiger partial charge in [0.05, 0.1) is 0 Å². The molecule has 0 bridgehead atoms. The highest BCUT2D eigenvalue weighted by atomic mass is 32.2. The molecule has 0 aromatic carbocycles. The second-order valence-corrected chi connectivity index (χ2v) is 11.3. The summed E-state index contributed by atoms with van der Waals surface area (Å²) in [6, 6.07) is -0.262. The van der Waals surface area contributed by atoms with E-state index < -0.39 is 24.7 Å². The quantitative estimate of drug-likeness (QED) is 0.659. The number of hydrogen-bond donors (Lipinski definition) is 2. The van der Waals surface area contributed by atoms with E-state index >= 15 is 0 Å². The van der Waals surface area contributed by atoms with E-state index in [0.717, 1.165) is 43.6 Å². The summed E-state index contributed by atoms with van der Waals surface area (Å²) in [6.07, 6.45) is 6.62. The number of ether oxygens (including phenoxy) is 1. The zero-order chi connectivity index (χ0) is 23.8. The van der Waals surface area contributed by atoms with Crippen molar-refractivity contribution in [3.8, 4) is 0 Å². The van der Waals surface area contributed by atoms with Crippen LogP contribution in [0.3, 0.4) is 0 Å². The van der Waals surface area contributed by atoms with Crippen LogP contribution in [0.5, 0.6) is 0 Å². The van der Waals surface area contributed by atoms with Crippen molar-refractivity contribution < 1.29 is 11.6 Å². The first kappa shape index (κ1) is 14.5. The van der Waals surface area contributed by atoms with E-state index in [1.165, 1.54) is 10.5 Å². The van der Waals surface area contributed by atoms with Gasteiger partial charge in [-0.15, -0.1) is 11.8 Å². The van der Waals surface area contributed by atoms with Crippen molar-refractivity contribution in [2.75, 3.05) is 5.75 Å². The monoisotopic (exact) mass is 407 g/mol. The van der Waals surface area contributed by atoms with Gasteiger partial charge in [-0.05, 0) is 73.6 Å². The molecule has 4 heterocycles.